The molecule has 3 fully saturated rings. The summed E-state index contributed by atoms with van der Waals surface area (Å²) in [4.78, 5) is 14.2. The predicted octanol–water partition coefficient (Wildman–Crippen LogP) is 1.10. The van der Waals surface area contributed by atoms with E-state index < -0.39 is 0 Å². The second-order valence-electron chi connectivity index (χ2n) is 5.33. The van der Waals surface area contributed by atoms with Gasteiger partial charge in [0.1, 0.15) is 5.78 Å². The molecule has 84 valence electrons. The van der Waals surface area contributed by atoms with Crippen LogP contribution in [0.1, 0.15) is 44.9 Å². The van der Waals surface area contributed by atoms with E-state index in [1.165, 1.54) is 12.8 Å². The summed E-state index contributed by atoms with van der Waals surface area (Å²) >= 11 is 0. The maximum absolute atomic E-state index is 11.8. The Labute approximate surface area is 90.5 Å². The number of piperidine rings is 1. The number of aliphatic hydroxyl groups is 1. The number of carbonyl (C=O) groups excluding carboxylic acids is 1. The summed E-state index contributed by atoms with van der Waals surface area (Å²) in [6.45, 7) is 0. The van der Waals surface area contributed by atoms with E-state index in [2.05, 4.69) is 4.90 Å². The molecule has 2 saturated heterocycles. The van der Waals surface area contributed by atoms with Crippen molar-refractivity contribution in [3.05, 3.63) is 0 Å². The highest BCUT2D eigenvalue weighted by atomic mass is 16.3. The molecule has 3 rings (SSSR count). The molecule has 3 atom stereocenters. The third-order valence-electron chi connectivity index (χ3n) is 4.40. The summed E-state index contributed by atoms with van der Waals surface area (Å²) in [7, 11) is 0. The fraction of sp³-hybridized carbons (Fsp3) is 0.917. The van der Waals surface area contributed by atoms with Crippen molar-refractivity contribution in [3.63, 3.8) is 0 Å². The number of rotatable bonds is 1. The van der Waals surface area contributed by atoms with E-state index in [4.69, 9.17) is 0 Å². The molecule has 2 bridgehead atoms. The van der Waals surface area contributed by atoms with E-state index in [0.717, 1.165) is 32.1 Å². The lowest BCUT2D eigenvalue weighted by Gasteiger charge is -2.40. The molecule has 1 N–H and O–H groups in total. The molecule has 0 aromatic heterocycles. The van der Waals surface area contributed by atoms with Crippen LogP contribution in [0.5, 0.6) is 0 Å². The molecule has 0 radical (unpaired) electrons. The Balaban J connectivity index is 1.79. The lowest BCUT2D eigenvalue weighted by Crippen LogP contribution is -2.51. The molecule has 3 unspecified atom stereocenters. The van der Waals surface area contributed by atoms with E-state index in [1.807, 2.05) is 0 Å². The van der Waals surface area contributed by atoms with Gasteiger partial charge in [0.15, 0.2) is 0 Å². The smallest absolute Gasteiger partial charge is 0.149 e. The number of fused-ring (bicyclic) bond motifs is 2. The topological polar surface area (TPSA) is 40.5 Å². The molecule has 3 nitrogen and oxygen atoms in total. The van der Waals surface area contributed by atoms with Gasteiger partial charge in [-0.1, -0.05) is 0 Å². The van der Waals surface area contributed by atoms with Crippen molar-refractivity contribution in [2.75, 3.05) is 0 Å². The van der Waals surface area contributed by atoms with Crippen LogP contribution < -0.4 is 0 Å². The molecule has 1 aliphatic carbocycles. The van der Waals surface area contributed by atoms with Crippen molar-refractivity contribution in [3.8, 4) is 0 Å². The van der Waals surface area contributed by atoms with Crippen LogP contribution in [-0.2, 0) is 4.79 Å². The number of carbonyl (C=O) groups is 1. The second kappa shape index (κ2) is 3.56. The Bertz CT molecular complexity index is 265. The fourth-order valence-corrected chi connectivity index (χ4v) is 3.81. The fourth-order valence-electron chi connectivity index (χ4n) is 3.81. The zero-order valence-corrected chi connectivity index (χ0v) is 9.06. The van der Waals surface area contributed by atoms with Gasteiger partial charge in [0, 0.05) is 18.5 Å². The average molecular weight is 209 g/mol. The Morgan fingerprint density at radius 1 is 1.13 bits per heavy atom. The minimum atomic E-state index is -0.116. The largest absolute Gasteiger partial charge is 0.393 e. The first kappa shape index (κ1) is 9.79. The number of aliphatic hydroxyl groups excluding tert-OH is 1. The van der Waals surface area contributed by atoms with Gasteiger partial charge in [-0.05, 0) is 38.5 Å². The van der Waals surface area contributed by atoms with Crippen molar-refractivity contribution < 1.29 is 9.90 Å². The maximum Gasteiger partial charge on any atom is 0.149 e. The first-order valence-electron chi connectivity index (χ1n) is 6.24. The van der Waals surface area contributed by atoms with E-state index in [-0.39, 0.29) is 12.1 Å². The molecular formula is C12H19NO2. The van der Waals surface area contributed by atoms with Crippen molar-refractivity contribution >= 4 is 5.78 Å². The molecular weight excluding hydrogens is 190 g/mol. The molecule has 15 heavy (non-hydrogen) atoms. The Hall–Kier alpha value is -0.410. The highest BCUT2D eigenvalue weighted by molar-refractivity contribution is 5.86. The van der Waals surface area contributed by atoms with E-state index >= 15 is 0 Å². The number of Topliss-reactive ketones (excluding diaryl/α,β-unsaturated/α-hetero) is 1. The maximum atomic E-state index is 11.8. The summed E-state index contributed by atoms with van der Waals surface area (Å²) in [5.74, 6) is 0.447. The number of hydrogen-bond acceptors (Lipinski definition) is 3. The Kier molecular flexibility index (Phi) is 2.33. The van der Waals surface area contributed by atoms with Gasteiger partial charge in [-0.3, -0.25) is 9.69 Å². The highest BCUT2D eigenvalue weighted by Crippen LogP contribution is 2.39. The summed E-state index contributed by atoms with van der Waals surface area (Å²) in [5.41, 5.74) is 0. The molecule has 0 spiro atoms. The Morgan fingerprint density at radius 2 is 1.80 bits per heavy atom. The highest BCUT2D eigenvalue weighted by Gasteiger charge is 2.46. The van der Waals surface area contributed by atoms with Crippen LogP contribution in [0, 0.1) is 0 Å². The first-order valence-corrected chi connectivity index (χ1v) is 6.24. The first-order chi connectivity index (χ1) is 7.25. The summed E-state index contributed by atoms with van der Waals surface area (Å²) in [6, 6.07) is 1.19. The van der Waals surface area contributed by atoms with Crippen LogP contribution >= 0.6 is 0 Å². The molecule has 2 aliphatic heterocycles. The van der Waals surface area contributed by atoms with Gasteiger partial charge in [0.25, 0.3) is 0 Å². The van der Waals surface area contributed by atoms with E-state index in [1.54, 1.807) is 0 Å². The molecule has 0 aromatic rings. The summed E-state index contributed by atoms with van der Waals surface area (Å²) in [5, 5.41) is 9.70. The number of nitrogens with zero attached hydrogens (tertiary/aromatic N) is 1. The minimum Gasteiger partial charge on any atom is -0.393 e. The number of hydrogen-bond donors (Lipinski definition) is 1. The van der Waals surface area contributed by atoms with Crippen LogP contribution in [0.25, 0.3) is 0 Å². The lowest BCUT2D eigenvalue weighted by atomic mass is 9.97. The van der Waals surface area contributed by atoms with Gasteiger partial charge in [-0.15, -0.1) is 0 Å². The van der Waals surface area contributed by atoms with E-state index in [0.29, 0.717) is 17.9 Å². The minimum absolute atomic E-state index is 0.116. The van der Waals surface area contributed by atoms with Gasteiger partial charge in [0.05, 0.1) is 12.1 Å². The van der Waals surface area contributed by atoms with Gasteiger partial charge in [-0.25, -0.2) is 0 Å². The molecule has 3 aliphatic rings. The van der Waals surface area contributed by atoms with Gasteiger partial charge in [-0.2, -0.15) is 0 Å². The van der Waals surface area contributed by atoms with Crippen LogP contribution in [-0.4, -0.2) is 40.0 Å². The quantitative estimate of drug-likeness (QED) is 0.703. The zero-order valence-electron chi connectivity index (χ0n) is 9.06. The molecule has 2 heterocycles. The third kappa shape index (κ3) is 1.53. The molecule has 0 aromatic carbocycles. The summed E-state index contributed by atoms with van der Waals surface area (Å²) < 4.78 is 0. The normalized spacial score (nSPS) is 46.3. The SMILES string of the molecule is O=C1CCCC1N1C2CCC1CC(O)C2. The monoisotopic (exact) mass is 209 g/mol. The second-order valence-corrected chi connectivity index (χ2v) is 5.33. The average Bonchev–Trinajstić information content (AvgIpc) is 2.69. The van der Waals surface area contributed by atoms with Gasteiger partial charge < -0.3 is 5.11 Å². The van der Waals surface area contributed by atoms with Crippen LogP contribution in [0.4, 0.5) is 0 Å². The standard InChI is InChI=1S/C12H19NO2/c14-10-6-8-4-5-9(7-10)13(8)11-2-1-3-12(11)15/h8-11,14H,1-7H2. The van der Waals surface area contributed by atoms with Crippen LogP contribution in [0.3, 0.4) is 0 Å². The van der Waals surface area contributed by atoms with Gasteiger partial charge in [0.2, 0.25) is 0 Å². The molecule has 3 heteroatoms. The lowest BCUT2D eigenvalue weighted by molar-refractivity contribution is -0.124. The molecule has 0 amide bonds. The Morgan fingerprint density at radius 3 is 2.33 bits per heavy atom. The van der Waals surface area contributed by atoms with Crippen molar-refractivity contribution in [1.82, 2.24) is 4.90 Å². The number of ketones is 1. The molecule has 1 saturated carbocycles. The zero-order chi connectivity index (χ0) is 10.4. The van der Waals surface area contributed by atoms with Crippen LogP contribution in [0.2, 0.25) is 0 Å². The van der Waals surface area contributed by atoms with Gasteiger partial charge >= 0.3 is 0 Å². The summed E-state index contributed by atoms with van der Waals surface area (Å²) in [6.07, 6.45) is 6.94. The predicted molar refractivity (Wildman–Crippen MR) is 56.5 cm³/mol. The van der Waals surface area contributed by atoms with Crippen molar-refractivity contribution in [2.24, 2.45) is 0 Å². The van der Waals surface area contributed by atoms with Crippen molar-refractivity contribution in [1.29, 1.82) is 0 Å². The van der Waals surface area contributed by atoms with Crippen molar-refractivity contribution in [2.45, 2.75) is 69.2 Å². The van der Waals surface area contributed by atoms with Crippen LogP contribution in [0.15, 0.2) is 0 Å². The third-order valence-corrected chi connectivity index (χ3v) is 4.40. The van der Waals surface area contributed by atoms with E-state index in [9.17, 15) is 9.90 Å².